The number of hydrogen-bond donors (Lipinski definition) is 0. The number of halogens is 3. The normalized spacial score (nSPS) is 17.2. The molecular formula is C22H23F3N4O. The topological polar surface area (TPSA) is 45.4 Å². The van der Waals surface area contributed by atoms with Gasteiger partial charge in [-0.25, -0.2) is 0 Å². The van der Waals surface area contributed by atoms with Gasteiger partial charge in [-0.15, -0.1) is 0 Å². The summed E-state index contributed by atoms with van der Waals surface area (Å²) in [5.41, 5.74) is 0.656. The third-order valence-corrected chi connectivity index (χ3v) is 5.50. The zero-order valence-corrected chi connectivity index (χ0v) is 16.6. The lowest BCUT2D eigenvalue weighted by Crippen LogP contribution is -2.46. The fourth-order valence-electron chi connectivity index (χ4n) is 3.75. The highest BCUT2D eigenvalue weighted by Crippen LogP contribution is 2.32. The average Bonchev–Trinajstić information content (AvgIpc) is 3.24. The molecule has 0 spiro atoms. The minimum Gasteiger partial charge on any atom is -0.337 e. The first-order valence-corrected chi connectivity index (χ1v) is 9.92. The average molecular weight is 416 g/mol. The quantitative estimate of drug-likeness (QED) is 0.607. The van der Waals surface area contributed by atoms with Crippen LogP contribution in [0.5, 0.6) is 0 Å². The van der Waals surface area contributed by atoms with Crippen molar-refractivity contribution in [1.82, 2.24) is 19.9 Å². The van der Waals surface area contributed by atoms with E-state index < -0.39 is 11.7 Å². The van der Waals surface area contributed by atoms with Gasteiger partial charge in [0.15, 0.2) is 0 Å². The molecule has 0 saturated carbocycles. The number of aromatic nitrogens is 2. The summed E-state index contributed by atoms with van der Waals surface area (Å²) in [6, 6.07) is 15.4. The molecule has 1 unspecified atom stereocenters. The summed E-state index contributed by atoms with van der Waals surface area (Å²) in [6.45, 7) is 5.09. The third-order valence-electron chi connectivity index (χ3n) is 5.50. The monoisotopic (exact) mass is 416 g/mol. The number of rotatable bonds is 5. The van der Waals surface area contributed by atoms with Crippen LogP contribution in [0.4, 0.5) is 13.2 Å². The molecule has 2 heterocycles. The third kappa shape index (κ3) is 4.55. The first-order chi connectivity index (χ1) is 14.4. The van der Waals surface area contributed by atoms with E-state index >= 15 is 0 Å². The Balaban J connectivity index is 1.37. The van der Waals surface area contributed by atoms with E-state index in [1.807, 2.05) is 37.3 Å². The SMILES string of the molecule is CC(c1nc(-c2ccccc2)no1)N1CCN(Cc2ccccc2C(F)(F)F)CC1. The fraction of sp³-hybridized carbons (Fsp3) is 0.364. The number of hydrogen-bond acceptors (Lipinski definition) is 5. The molecule has 0 aliphatic carbocycles. The van der Waals surface area contributed by atoms with E-state index in [4.69, 9.17) is 4.52 Å². The summed E-state index contributed by atoms with van der Waals surface area (Å²) < 4.78 is 45.2. The predicted octanol–water partition coefficient (Wildman–Crippen LogP) is 4.63. The Morgan fingerprint density at radius 3 is 2.33 bits per heavy atom. The zero-order valence-electron chi connectivity index (χ0n) is 16.6. The van der Waals surface area contributed by atoms with Crippen molar-refractivity contribution in [3.8, 4) is 11.4 Å². The van der Waals surface area contributed by atoms with Crippen molar-refractivity contribution >= 4 is 0 Å². The Kier molecular flexibility index (Phi) is 5.87. The second-order valence-electron chi connectivity index (χ2n) is 7.47. The standard InChI is InChI=1S/C22H23F3N4O/c1-16(21-26-20(27-30-21)17-7-3-2-4-8-17)29-13-11-28(12-14-29)15-18-9-5-6-10-19(18)22(23,24)25/h2-10,16H,11-15H2,1H3. The van der Waals surface area contributed by atoms with Crippen LogP contribution in [-0.4, -0.2) is 46.1 Å². The van der Waals surface area contributed by atoms with Crippen LogP contribution in [0.15, 0.2) is 59.1 Å². The molecule has 0 N–H and O–H groups in total. The molecule has 1 atom stereocenters. The van der Waals surface area contributed by atoms with Crippen molar-refractivity contribution in [2.24, 2.45) is 0 Å². The summed E-state index contributed by atoms with van der Waals surface area (Å²) in [6.07, 6.45) is -4.33. The highest BCUT2D eigenvalue weighted by Gasteiger charge is 2.34. The predicted molar refractivity (Wildman–Crippen MR) is 106 cm³/mol. The highest BCUT2D eigenvalue weighted by molar-refractivity contribution is 5.53. The van der Waals surface area contributed by atoms with Gasteiger partial charge in [0.1, 0.15) is 0 Å². The van der Waals surface area contributed by atoms with Gasteiger partial charge >= 0.3 is 6.18 Å². The molecule has 3 aromatic rings. The molecule has 2 aromatic carbocycles. The molecule has 30 heavy (non-hydrogen) atoms. The van der Waals surface area contributed by atoms with Gasteiger partial charge in [0, 0.05) is 38.3 Å². The van der Waals surface area contributed by atoms with Crippen LogP contribution in [0.2, 0.25) is 0 Å². The maximum atomic E-state index is 13.2. The van der Waals surface area contributed by atoms with E-state index in [9.17, 15) is 13.2 Å². The van der Waals surface area contributed by atoms with Gasteiger partial charge in [0.25, 0.3) is 0 Å². The number of piperazine rings is 1. The second-order valence-corrected chi connectivity index (χ2v) is 7.47. The van der Waals surface area contributed by atoms with Gasteiger partial charge in [-0.05, 0) is 18.6 Å². The Morgan fingerprint density at radius 1 is 0.967 bits per heavy atom. The fourth-order valence-corrected chi connectivity index (χ4v) is 3.75. The maximum Gasteiger partial charge on any atom is 0.416 e. The Bertz CT molecular complexity index is 966. The molecule has 1 aliphatic heterocycles. The molecule has 8 heteroatoms. The zero-order chi connectivity index (χ0) is 21.1. The van der Waals surface area contributed by atoms with Gasteiger partial charge in [0.05, 0.1) is 11.6 Å². The van der Waals surface area contributed by atoms with Gasteiger partial charge in [0.2, 0.25) is 11.7 Å². The maximum absolute atomic E-state index is 13.2. The summed E-state index contributed by atoms with van der Waals surface area (Å²) in [5, 5.41) is 4.08. The smallest absolute Gasteiger partial charge is 0.337 e. The molecule has 0 bridgehead atoms. The van der Waals surface area contributed by atoms with Gasteiger partial charge in [-0.3, -0.25) is 9.80 Å². The van der Waals surface area contributed by atoms with E-state index in [0.717, 1.165) is 24.7 Å². The first-order valence-electron chi connectivity index (χ1n) is 9.92. The molecule has 158 valence electrons. The lowest BCUT2D eigenvalue weighted by molar-refractivity contribution is -0.138. The van der Waals surface area contributed by atoms with E-state index in [1.165, 1.54) is 6.07 Å². The largest absolute Gasteiger partial charge is 0.416 e. The van der Waals surface area contributed by atoms with Gasteiger partial charge in [-0.2, -0.15) is 18.2 Å². The molecular weight excluding hydrogens is 393 g/mol. The summed E-state index contributed by atoms with van der Waals surface area (Å²) in [7, 11) is 0. The van der Waals surface area contributed by atoms with Crippen LogP contribution >= 0.6 is 0 Å². The summed E-state index contributed by atoms with van der Waals surface area (Å²) in [4.78, 5) is 8.79. The summed E-state index contributed by atoms with van der Waals surface area (Å²) in [5.74, 6) is 1.10. The van der Waals surface area contributed by atoms with Crippen LogP contribution in [0.25, 0.3) is 11.4 Å². The van der Waals surface area contributed by atoms with Crippen molar-refractivity contribution in [2.45, 2.75) is 25.7 Å². The van der Waals surface area contributed by atoms with E-state index in [2.05, 4.69) is 19.9 Å². The number of nitrogens with zero attached hydrogens (tertiary/aromatic N) is 4. The van der Waals surface area contributed by atoms with Gasteiger partial charge in [-0.1, -0.05) is 53.7 Å². The van der Waals surface area contributed by atoms with Crippen molar-refractivity contribution in [3.05, 3.63) is 71.6 Å². The van der Waals surface area contributed by atoms with E-state index in [-0.39, 0.29) is 12.6 Å². The van der Waals surface area contributed by atoms with Crippen LogP contribution in [-0.2, 0) is 12.7 Å². The lowest BCUT2D eigenvalue weighted by atomic mass is 10.1. The van der Waals surface area contributed by atoms with Crippen molar-refractivity contribution in [3.63, 3.8) is 0 Å². The Morgan fingerprint density at radius 2 is 1.63 bits per heavy atom. The first kappa shape index (κ1) is 20.6. The number of alkyl halides is 3. The second kappa shape index (κ2) is 8.57. The van der Waals surface area contributed by atoms with Gasteiger partial charge < -0.3 is 4.52 Å². The Labute approximate surface area is 173 Å². The minimum atomic E-state index is -4.33. The lowest BCUT2D eigenvalue weighted by Gasteiger charge is -2.37. The summed E-state index contributed by atoms with van der Waals surface area (Å²) >= 11 is 0. The molecule has 4 rings (SSSR count). The van der Waals surface area contributed by atoms with E-state index in [1.54, 1.807) is 12.1 Å². The molecule has 0 radical (unpaired) electrons. The molecule has 1 aromatic heterocycles. The molecule has 5 nitrogen and oxygen atoms in total. The van der Waals surface area contributed by atoms with E-state index in [0.29, 0.717) is 30.4 Å². The van der Waals surface area contributed by atoms with Crippen molar-refractivity contribution in [2.75, 3.05) is 26.2 Å². The van der Waals surface area contributed by atoms with Crippen molar-refractivity contribution in [1.29, 1.82) is 0 Å². The van der Waals surface area contributed by atoms with Crippen LogP contribution in [0, 0.1) is 0 Å². The Hall–Kier alpha value is -2.71. The molecule has 1 saturated heterocycles. The highest BCUT2D eigenvalue weighted by atomic mass is 19.4. The van der Waals surface area contributed by atoms with Crippen molar-refractivity contribution < 1.29 is 17.7 Å². The number of benzene rings is 2. The molecule has 0 amide bonds. The van der Waals surface area contributed by atoms with Crippen LogP contribution in [0.1, 0.15) is 30.0 Å². The van der Waals surface area contributed by atoms with Crippen LogP contribution < -0.4 is 0 Å². The minimum absolute atomic E-state index is 0.0560. The molecule has 1 fully saturated rings. The molecule has 1 aliphatic rings. The van der Waals surface area contributed by atoms with Crippen LogP contribution in [0.3, 0.4) is 0 Å².